The summed E-state index contributed by atoms with van der Waals surface area (Å²) in [4.78, 5) is 25.7. The third-order valence-electron chi connectivity index (χ3n) is 3.33. The molecule has 0 fully saturated rings. The summed E-state index contributed by atoms with van der Waals surface area (Å²) in [5, 5.41) is 11.2. The topological polar surface area (TPSA) is 82.3 Å². The number of carbonyl (C=O) groups excluding carboxylic acids is 1. The number of rotatable bonds is 5. The van der Waals surface area contributed by atoms with Crippen LogP contribution in [0.4, 0.5) is 5.69 Å². The molecule has 0 aliphatic carbocycles. The molecule has 0 aliphatic heterocycles. The SMILES string of the molecule is O=Cc1ccc(Oc2ccc([N+](=O)[O-])c(-c3ccccc3)n2)cc1. The average molecular weight is 320 g/mol. The van der Waals surface area contributed by atoms with Crippen molar-refractivity contribution in [2.45, 2.75) is 0 Å². The molecule has 0 aliphatic rings. The molecule has 0 saturated carbocycles. The highest BCUT2D eigenvalue weighted by atomic mass is 16.6. The van der Waals surface area contributed by atoms with Gasteiger partial charge in [0, 0.05) is 23.3 Å². The van der Waals surface area contributed by atoms with Gasteiger partial charge in [0.25, 0.3) is 5.69 Å². The van der Waals surface area contributed by atoms with E-state index in [1.165, 1.54) is 12.1 Å². The molecule has 1 aromatic heterocycles. The molecule has 3 aromatic rings. The van der Waals surface area contributed by atoms with E-state index in [2.05, 4.69) is 4.98 Å². The second kappa shape index (κ2) is 6.70. The molecule has 2 aromatic carbocycles. The minimum atomic E-state index is -0.474. The van der Waals surface area contributed by atoms with Crippen molar-refractivity contribution in [3.63, 3.8) is 0 Å². The van der Waals surface area contributed by atoms with Gasteiger partial charge in [-0.2, -0.15) is 0 Å². The lowest BCUT2D eigenvalue weighted by Gasteiger charge is -2.08. The molecule has 118 valence electrons. The molecule has 0 amide bonds. The van der Waals surface area contributed by atoms with E-state index < -0.39 is 4.92 Å². The third-order valence-corrected chi connectivity index (χ3v) is 3.33. The van der Waals surface area contributed by atoms with Crippen LogP contribution in [-0.2, 0) is 0 Å². The number of pyridine rings is 1. The van der Waals surface area contributed by atoms with Crippen LogP contribution in [0.5, 0.6) is 11.6 Å². The van der Waals surface area contributed by atoms with Crippen molar-refractivity contribution in [1.29, 1.82) is 0 Å². The van der Waals surface area contributed by atoms with Gasteiger partial charge in [0.15, 0.2) is 5.69 Å². The van der Waals surface area contributed by atoms with E-state index in [0.717, 1.165) is 6.29 Å². The Morgan fingerprint density at radius 1 is 0.958 bits per heavy atom. The van der Waals surface area contributed by atoms with Gasteiger partial charge in [0.05, 0.1) is 4.92 Å². The molecule has 0 spiro atoms. The summed E-state index contributed by atoms with van der Waals surface area (Å²) in [6.45, 7) is 0. The maximum absolute atomic E-state index is 11.2. The van der Waals surface area contributed by atoms with E-state index in [-0.39, 0.29) is 17.3 Å². The molecule has 0 bridgehead atoms. The Labute approximate surface area is 137 Å². The molecule has 0 radical (unpaired) electrons. The lowest BCUT2D eigenvalue weighted by Crippen LogP contribution is -1.97. The first-order valence-corrected chi connectivity index (χ1v) is 7.11. The van der Waals surface area contributed by atoms with E-state index >= 15 is 0 Å². The van der Waals surface area contributed by atoms with Crippen molar-refractivity contribution >= 4 is 12.0 Å². The van der Waals surface area contributed by atoms with Gasteiger partial charge < -0.3 is 4.74 Å². The van der Waals surface area contributed by atoms with Crippen molar-refractivity contribution in [1.82, 2.24) is 4.98 Å². The van der Waals surface area contributed by atoms with Crippen molar-refractivity contribution in [2.24, 2.45) is 0 Å². The van der Waals surface area contributed by atoms with Gasteiger partial charge in [0.1, 0.15) is 12.0 Å². The number of ether oxygens (including phenoxy) is 1. The number of aromatic nitrogens is 1. The zero-order chi connectivity index (χ0) is 16.9. The molecule has 24 heavy (non-hydrogen) atoms. The first-order valence-electron chi connectivity index (χ1n) is 7.11. The Hall–Kier alpha value is -3.54. The lowest BCUT2D eigenvalue weighted by molar-refractivity contribution is -0.384. The largest absolute Gasteiger partial charge is 0.439 e. The molecule has 0 atom stereocenters. The van der Waals surface area contributed by atoms with Crippen LogP contribution >= 0.6 is 0 Å². The number of hydrogen-bond acceptors (Lipinski definition) is 5. The summed E-state index contributed by atoms with van der Waals surface area (Å²) >= 11 is 0. The van der Waals surface area contributed by atoms with E-state index in [1.54, 1.807) is 48.5 Å². The quantitative estimate of drug-likeness (QED) is 0.398. The summed E-state index contributed by atoms with van der Waals surface area (Å²) in [6, 6.07) is 18.2. The van der Waals surface area contributed by atoms with Crippen molar-refractivity contribution in [3.05, 3.63) is 82.4 Å². The first kappa shape index (κ1) is 15.4. The Morgan fingerprint density at radius 3 is 2.29 bits per heavy atom. The molecular weight excluding hydrogens is 308 g/mol. The summed E-state index contributed by atoms with van der Waals surface area (Å²) in [6.07, 6.45) is 0.738. The molecule has 6 heteroatoms. The fourth-order valence-electron chi connectivity index (χ4n) is 2.18. The van der Waals surface area contributed by atoms with Crippen LogP contribution < -0.4 is 4.74 Å². The summed E-state index contributed by atoms with van der Waals surface area (Å²) in [5.74, 6) is 0.722. The van der Waals surface area contributed by atoms with E-state index in [0.29, 0.717) is 16.9 Å². The average Bonchev–Trinajstić information content (AvgIpc) is 2.63. The van der Waals surface area contributed by atoms with Crippen LogP contribution in [0.2, 0.25) is 0 Å². The Morgan fingerprint density at radius 2 is 1.67 bits per heavy atom. The summed E-state index contributed by atoms with van der Waals surface area (Å²) in [5.41, 5.74) is 1.31. The van der Waals surface area contributed by atoms with Crippen molar-refractivity contribution in [3.8, 4) is 22.9 Å². The highest BCUT2D eigenvalue weighted by molar-refractivity contribution is 5.75. The van der Waals surface area contributed by atoms with Crippen molar-refractivity contribution < 1.29 is 14.5 Å². The zero-order valence-electron chi connectivity index (χ0n) is 12.5. The number of aldehydes is 1. The Kier molecular flexibility index (Phi) is 4.29. The summed E-state index contributed by atoms with van der Waals surface area (Å²) < 4.78 is 5.63. The van der Waals surface area contributed by atoms with Crippen LogP contribution in [0.15, 0.2) is 66.7 Å². The van der Waals surface area contributed by atoms with Gasteiger partial charge in [-0.1, -0.05) is 30.3 Å². The molecule has 1 heterocycles. The molecule has 6 nitrogen and oxygen atoms in total. The Bertz CT molecular complexity index is 877. The highest BCUT2D eigenvalue weighted by Crippen LogP contribution is 2.31. The fraction of sp³-hybridized carbons (Fsp3) is 0. The monoisotopic (exact) mass is 320 g/mol. The minimum absolute atomic E-state index is 0.0927. The predicted octanol–water partition coefficient (Wildman–Crippen LogP) is 4.26. The van der Waals surface area contributed by atoms with Gasteiger partial charge in [-0.25, -0.2) is 4.98 Å². The Balaban J connectivity index is 1.97. The maximum Gasteiger partial charge on any atom is 0.295 e. The normalized spacial score (nSPS) is 10.2. The highest BCUT2D eigenvalue weighted by Gasteiger charge is 2.18. The smallest absolute Gasteiger partial charge is 0.295 e. The van der Waals surface area contributed by atoms with Crippen LogP contribution in [0.1, 0.15) is 10.4 Å². The van der Waals surface area contributed by atoms with Crippen LogP contribution in [-0.4, -0.2) is 16.2 Å². The predicted molar refractivity (Wildman–Crippen MR) is 88.2 cm³/mol. The van der Waals surface area contributed by atoms with Crippen LogP contribution in [0.3, 0.4) is 0 Å². The van der Waals surface area contributed by atoms with Crippen LogP contribution in [0.25, 0.3) is 11.3 Å². The van der Waals surface area contributed by atoms with Crippen molar-refractivity contribution in [2.75, 3.05) is 0 Å². The standard InChI is InChI=1S/C18H12N2O4/c21-12-13-6-8-15(9-7-13)24-17-11-10-16(20(22)23)18(19-17)14-4-2-1-3-5-14/h1-12H. The fourth-order valence-corrected chi connectivity index (χ4v) is 2.18. The van der Waals surface area contributed by atoms with Gasteiger partial charge in [-0.15, -0.1) is 0 Å². The number of benzene rings is 2. The molecular formula is C18H12N2O4. The molecule has 0 saturated heterocycles. The lowest BCUT2D eigenvalue weighted by atomic mass is 10.1. The van der Waals surface area contributed by atoms with E-state index in [4.69, 9.17) is 4.74 Å². The molecule has 3 rings (SSSR count). The third kappa shape index (κ3) is 3.27. The summed E-state index contributed by atoms with van der Waals surface area (Å²) in [7, 11) is 0. The van der Waals surface area contributed by atoms with Gasteiger partial charge in [0.2, 0.25) is 5.88 Å². The second-order valence-electron chi connectivity index (χ2n) is 4.93. The number of nitro groups is 1. The number of hydrogen-bond donors (Lipinski definition) is 0. The minimum Gasteiger partial charge on any atom is -0.439 e. The van der Waals surface area contributed by atoms with Gasteiger partial charge >= 0.3 is 0 Å². The number of nitrogens with zero attached hydrogens (tertiary/aromatic N) is 2. The maximum atomic E-state index is 11.2. The first-order chi connectivity index (χ1) is 11.7. The number of carbonyl (C=O) groups is 1. The van der Waals surface area contributed by atoms with Crippen LogP contribution in [0, 0.1) is 10.1 Å². The molecule has 0 N–H and O–H groups in total. The second-order valence-corrected chi connectivity index (χ2v) is 4.93. The zero-order valence-corrected chi connectivity index (χ0v) is 12.5. The van der Waals surface area contributed by atoms with Gasteiger partial charge in [-0.05, 0) is 24.3 Å². The van der Waals surface area contributed by atoms with Gasteiger partial charge in [-0.3, -0.25) is 14.9 Å². The van der Waals surface area contributed by atoms with E-state index in [9.17, 15) is 14.9 Å². The molecule has 0 unspecified atom stereocenters. The van der Waals surface area contributed by atoms with E-state index in [1.807, 2.05) is 6.07 Å².